The molecule has 2 N–H and O–H groups in total. The van der Waals surface area contributed by atoms with Crippen molar-refractivity contribution >= 4 is 16.6 Å². The minimum Gasteiger partial charge on any atom is -0.457 e. The smallest absolute Gasteiger partial charge is 0.128 e. The van der Waals surface area contributed by atoms with Crippen LogP contribution in [0.15, 0.2) is 48.5 Å². The number of ether oxygens (including phenoxy) is 1. The number of anilines is 1. The summed E-state index contributed by atoms with van der Waals surface area (Å²) in [6, 6.07) is 15.7. The summed E-state index contributed by atoms with van der Waals surface area (Å²) in [5.41, 5.74) is 10.6. The number of nitrogens with two attached hydrogens (primary N) is 1. The predicted molar refractivity (Wildman–Crippen MR) is 89.3 cm³/mol. The lowest BCUT2D eigenvalue weighted by Gasteiger charge is -2.18. The van der Waals surface area contributed by atoms with Crippen molar-refractivity contribution in [2.24, 2.45) is 0 Å². The van der Waals surface area contributed by atoms with Crippen LogP contribution in [0.2, 0.25) is 0 Å². The minimum absolute atomic E-state index is 0.794. The van der Waals surface area contributed by atoms with Gasteiger partial charge in [0.25, 0.3) is 0 Å². The second-order valence-corrected chi connectivity index (χ2v) is 5.75. The molecule has 0 unspecified atom stereocenters. The standard InChI is InChI=1S/C19H18N2O/c20-19-15-8-4-5-9-17(15)21-18-11-10-14(12-16(18)19)22-13-6-2-1-3-7-13/h1-3,6-7,10-12H,4-5,8-9H2,(H2,20,21). The van der Waals surface area contributed by atoms with Gasteiger partial charge in [0.1, 0.15) is 11.5 Å². The maximum atomic E-state index is 6.41. The van der Waals surface area contributed by atoms with E-state index in [1.165, 1.54) is 24.1 Å². The first-order valence-corrected chi connectivity index (χ1v) is 7.75. The molecule has 1 heterocycles. The van der Waals surface area contributed by atoms with E-state index in [1.807, 2.05) is 48.5 Å². The maximum Gasteiger partial charge on any atom is 0.128 e. The Kier molecular flexibility index (Phi) is 3.19. The summed E-state index contributed by atoms with van der Waals surface area (Å²) in [6.45, 7) is 0. The van der Waals surface area contributed by atoms with Crippen LogP contribution in [0.3, 0.4) is 0 Å². The van der Waals surface area contributed by atoms with Crippen LogP contribution in [-0.4, -0.2) is 4.98 Å². The summed E-state index contributed by atoms with van der Waals surface area (Å²) < 4.78 is 5.90. The Labute approximate surface area is 129 Å². The molecule has 0 radical (unpaired) electrons. The third-order valence-corrected chi connectivity index (χ3v) is 4.26. The van der Waals surface area contributed by atoms with Crippen molar-refractivity contribution in [1.82, 2.24) is 4.98 Å². The zero-order valence-corrected chi connectivity index (χ0v) is 12.4. The number of aryl methyl sites for hydroxylation is 1. The summed E-state index contributed by atoms with van der Waals surface area (Å²) in [4.78, 5) is 4.79. The van der Waals surface area contributed by atoms with Crippen molar-refractivity contribution in [3.63, 3.8) is 0 Å². The van der Waals surface area contributed by atoms with Gasteiger partial charge in [0.2, 0.25) is 0 Å². The van der Waals surface area contributed by atoms with Crippen molar-refractivity contribution in [2.75, 3.05) is 5.73 Å². The first-order valence-electron chi connectivity index (χ1n) is 7.75. The summed E-state index contributed by atoms with van der Waals surface area (Å²) in [5, 5.41) is 0.995. The number of nitrogens with zero attached hydrogens (tertiary/aromatic N) is 1. The molecular formula is C19H18N2O. The van der Waals surface area contributed by atoms with Crippen LogP contribution in [0.4, 0.5) is 5.69 Å². The Bertz CT molecular complexity index is 828. The van der Waals surface area contributed by atoms with Gasteiger partial charge in [-0.2, -0.15) is 0 Å². The normalized spacial score (nSPS) is 13.8. The van der Waals surface area contributed by atoms with Crippen LogP contribution in [-0.2, 0) is 12.8 Å². The fraction of sp³-hybridized carbons (Fsp3) is 0.211. The van der Waals surface area contributed by atoms with E-state index in [2.05, 4.69) is 0 Å². The van der Waals surface area contributed by atoms with Crippen LogP contribution in [0, 0.1) is 0 Å². The molecule has 0 fully saturated rings. The van der Waals surface area contributed by atoms with Crippen molar-refractivity contribution < 1.29 is 4.74 Å². The van der Waals surface area contributed by atoms with Crippen molar-refractivity contribution in [3.8, 4) is 11.5 Å². The average molecular weight is 290 g/mol. The monoisotopic (exact) mass is 290 g/mol. The molecule has 0 aliphatic heterocycles. The van der Waals surface area contributed by atoms with E-state index >= 15 is 0 Å². The second kappa shape index (κ2) is 5.34. The summed E-state index contributed by atoms with van der Waals surface area (Å²) >= 11 is 0. The van der Waals surface area contributed by atoms with Gasteiger partial charge in [-0.25, -0.2) is 0 Å². The van der Waals surface area contributed by atoms with Crippen LogP contribution in [0.5, 0.6) is 11.5 Å². The van der Waals surface area contributed by atoms with Crippen LogP contribution in [0.1, 0.15) is 24.1 Å². The molecule has 0 saturated carbocycles. The van der Waals surface area contributed by atoms with Gasteiger partial charge in [0, 0.05) is 16.8 Å². The SMILES string of the molecule is Nc1c2c(nc3ccc(Oc4ccccc4)cc13)CCCC2. The van der Waals surface area contributed by atoms with E-state index < -0.39 is 0 Å². The highest BCUT2D eigenvalue weighted by molar-refractivity contribution is 5.93. The van der Waals surface area contributed by atoms with E-state index in [-0.39, 0.29) is 0 Å². The van der Waals surface area contributed by atoms with Gasteiger partial charge in [-0.3, -0.25) is 4.98 Å². The topological polar surface area (TPSA) is 48.1 Å². The van der Waals surface area contributed by atoms with E-state index in [0.29, 0.717) is 0 Å². The Morgan fingerprint density at radius 1 is 0.909 bits per heavy atom. The summed E-state index contributed by atoms with van der Waals surface area (Å²) in [5.74, 6) is 1.62. The average Bonchev–Trinajstić information content (AvgIpc) is 2.57. The maximum absolute atomic E-state index is 6.41. The van der Waals surface area contributed by atoms with Gasteiger partial charge >= 0.3 is 0 Å². The van der Waals surface area contributed by atoms with Gasteiger partial charge < -0.3 is 10.5 Å². The molecule has 0 atom stereocenters. The van der Waals surface area contributed by atoms with E-state index in [9.17, 15) is 0 Å². The van der Waals surface area contributed by atoms with Gasteiger partial charge in [-0.1, -0.05) is 18.2 Å². The van der Waals surface area contributed by atoms with Crippen LogP contribution >= 0.6 is 0 Å². The molecule has 22 heavy (non-hydrogen) atoms. The Balaban J connectivity index is 1.78. The zero-order valence-electron chi connectivity index (χ0n) is 12.4. The lowest BCUT2D eigenvalue weighted by molar-refractivity contribution is 0.483. The van der Waals surface area contributed by atoms with Gasteiger partial charge in [0.15, 0.2) is 0 Å². The van der Waals surface area contributed by atoms with Crippen molar-refractivity contribution in [2.45, 2.75) is 25.7 Å². The van der Waals surface area contributed by atoms with E-state index in [4.69, 9.17) is 15.5 Å². The predicted octanol–water partition coefficient (Wildman–Crippen LogP) is 4.49. The first kappa shape index (κ1) is 13.1. The van der Waals surface area contributed by atoms with Crippen molar-refractivity contribution in [3.05, 3.63) is 59.8 Å². The molecule has 3 nitrogen and oxygen atoms in total. The second-order valence-electron chi connectivity index (χ2n) is 5.75. The third kappa shape index (κ3) is 2.29. The van der Waals surface area contributed by atoms with Gasteiger partial charge in [-0.15, -0.1) is 0 Å². The minimum atomic E-state index is 0.794. The summed E-state index contributed by atoms with van der Waals surface area (Å²) in [7, 11) is 0. The molecule has 0 bridgehead atoms. The number of benzene rings is 2. The largest absolute Gasteiger partial charge is 0.457 e. The number of hydrogen-bond acceptors (Lipinski definition) is 3. The first-order chi connectivity index (χ1) is 10.8. The highest BCUT2D eigenvalue weighted by atomic mass is 16.5. The van der Waals surface area contributed by atoms with Crippen LogP contribution in [0.25, 0.3) is 10.9 Å². The molecule has 1 aliphatic rings. The highest BCUT2D eigenvalue weighted by Crippen LogP contribution is 2.33. The Morgan fingerprint density at radius 2 is 1.73 bits per heavy atom. The molecule has 1 aromatic heterocycles. The van der Waals surface area contributed by atoms with E-state index in [1.54, 1.807) is 0 Å². The van der Waals surface area contributed by atoms with E-state index in [0.717, 1.165) is 40.9 Å². The molecule has 3 aromatic rings. The number of pyridine rings is 1. The Hall–Kier alpha value is -2.55. The Morgan fingerprint density at radius 3 is 2.59 bits per heavy atom. The molecule has 4 rings (SSSR count). The molecule has 3 heteroatoms. The molecule has 0 amide bonds. The number of fused-ring (bicyclic) bond motifs is 2. The molecule has 110 valence electrons. The lowest BCUT2D eigenvalue weighted by Crippen LogP contribution is -2.09. The third-order valence-electron chi connectivity index (χ3n) is 4.26. The van der Waals surface area contributed by atoms with Gasteiger partial charge in [0.05, 0.1) is 5.52 Å². The number of para-hydroxylation sites is 1. The quantitative estimate of drug-likeness (QED) is 0.756. The van der Waals surface area contributed by atoms with Gasteiger partial charge in [-0.05, 0) is 61.6 Å². The number of nitrogen functional groups attached to an aromatic ring is 1. The summed E-state index contributed by atoms with van der Waals surface area (Å²) in [6.07, 6.45) is 4.48. The number of aromatic nitrogens is 1. The zero-order chi connectivity index (χ0) is 14.9. The molecular weight excluding hydrogens is 272 g/mol. The fourth-order valence-electron chi connectivity index (χ4n) is 3.13. The highest BCUT2D eigenvalue weighted by Gasteiger charge is 2.16. The molecule has 0 spiro atoms. The van der Waals surface area contributed by atoms with Crippen LogP contribution < -0.4 is 10.5 Å². The molecule has 1 aliphatic carbocycles. The lowest BCUT2D eigenvalue weighted by atomic mass is 9.93. The molecule has 0 saturated heterocycles. The van der Waals surface area contributed by atoms with Crippen molar-refractivity contribution in [1.29, 1.82) is 0 Å². The number of hydrogen-bond donors (Lipinski definition) is 1. The fourth-order valence-corrected chi connectivity index (χ4v) is 3.13. The number of rotatable bonds is 2. The molecule has 2 aromatic carbocycles.